The molecule has 1 aromatic carbocycles. The van der Waals surface area contributed by atoms with Gasteiger partial charge in [0.2, 0.25) is 0 Å². The van der Waals surface area contributed by atoms with Crippen molar-refractivity contribution in [3.05, 3.63) is 29.8 Å². The molecular weight excluding hydrogens is 202 g/mol. The van der Waals surface area contributed by atoms with Crippen LogP contribution in [0.4, 0.5) is 5.69 Å². The quantitative estimate of drug-likeness (QED) is 0.725. The first-order chi connectivity index (χ1) is 7.70. The highest BCUT2D eigenvalue weighted by Crippen LogP contribution is 2.30. The van der Waals surface area contributed by atoms with Gasteiger partial charge in [0.1, 0.15) is 0 Å². The molecule has 0 heterocycles. The summed E-state index contributed by atoms with van der Waals surface area (Å²) in [7, 11) is 3.53. The maximum atomic E-state index is 11.2. The molecule has 0 N–H and O–H groups in total. The Morgan fingerprint density at radius 3 is 2.88 bits per heavy atom. The molecule has 3 heteroatoms. The number of methoxy groups -OCH3 is 1. The molecular formula is C13H17NO2. The van der Waals surface area contributed by atoms with E-state index >= 15 is 0 Å². The molecule has 0 aromatic heterocycles. The Morgan fingerprint density at radius 2 is 2.25 bits per heavy atom. The normalized spacial score (nSPS) is 14.6. The summed E-state index contributed by atoms with van der Waals surface area (Å²) in [5.41, 5.74) is 2.20. The molecule has 0 amide bonds. The van der Waals surface area contributed by atoms with Crippen LogP contribution in [0.3, 0.4) is 0 Å². The summed E-state index contributed by atoms with van der Waals surface area (Å²) < 4.78 is 4.66. The lowest BCUT2D eigenvalue weighted by Gasteiger charge is -2.19. The highest BCUT2D eigenvalue weighted by Gasteiger charge is 2.26. The molecule has 0 atom stereocenters. The maximum absolute atomic E-state index is 11.2. The van der Waals surface area contributed by atoms with Crippen molar-refractivity contribution in [3.63, 3.8) is 0 Å². The summed E-state index contributed by atoms with van der Waals surface area (Å²) >= 11 is 0. The van der Waals surface area contributed by atoms with E-state index in [9.17, 15) is 4.79 Å². The second-order valence-corrected chi connectivity index (χ2v) is 4.26. The highest BCUT2D eigenvalue weighted by atomic mass is 16.5. The van der Waals surface area contributed by atoms with Crippen molar-refractivity contribution in [2.75, 3.05) is 19.1 Å². The predicted octanol–water partition coefficient (Wildman–Crippen LogP) is 2.00. The molecule has 0 spiro atoms. The third-order valence-electron chi connectivity index (χ3n) is 2.99. The number of hydrogen-bond donors (Lipinski definition) is 0. The van der Waals surface area contributed by atoms with Crippen LogP contribution in [0, 0.1) is 0 Å². The van der Waals surface area contributed by atoms with Crippen LogP contribution in [0.25, 0.3) is 0 Å². The monoisotopic (exact) mass is 219 g/mol. The molecule has 1 aliphatic carbocycles. The lowest BCUT2D eigenvalue weighted by Crippen LogP contribution is -2.19. The maximum Gasteiger partial charge on any atom is 0.309 e. The number of ether oxygens (including phenoxy) is 1. The van der Waals surface area contributed by atoms with Gasteiger partial charge in [0.05, 0.1) is 13.5 Å². The van der Waals surface area contributed by atoms with Gasteiger partial charge in [-0.1, -0.05) is 12.1 Å². The molecule has 1 fully saturated rings. The van der Waals surface area contributed by atoms with Gasteiger partial charge in [0.25, 0.3) is 0 Å². The van der Waals surface area contributed by atoms with Gasteiger partial charge in [-0.2, -0.15) is 0 Å². The molecule has 86 valence electrons. The minimum Gasteiger partial charge on any atom is -0.469 e. The zero-order valence-electron chi connectivity index (χ0n) is 9.77. The van der Waals surface area contributed by atoms with E-state index in [1.165, 1.54) is 25.6 Å². The van der Waals surface area contributed by atoms with E-state index in [0.717, 1.165) is 5.56 Å². The van der Waals surface area contributed by atoms with Crippen LogP contribution < -0.4 is 4.90 Å². The van der Waals surface area contributed by atoms with Crippen molar-refractivity contribution < 1.29 is 9.53 Å². The van der Waals surface area contributed by atoms with Crippen molar-refractivity contribution in [2.24, 2.45) is 0 Å². The summed E-state index contributed by atoms with van der Waals surface area (Å²) in [5, 5.41) is 0. The molecule has 0 unspecified atom stereocenters. The summed E-state index contributed by atoms with van der Waals surface area (Å²) in [6.45, 7) is 0. The molecule has 1 saturated carbocycles. The second-order valence-electron chi connectivity index (χ2n) is 4.26. The van der Waals surface area contributed by atoms with E-state index in [4.69, 9.17) is 0 Å². The lowest BCUT2D eigenvalue weighted by atomic mass is 10.1. The van der Waals surface area contributed by atoms with Crippen LogP contribution in [-0.2, 0) is 16.0 Å². The molecule has 1 aliphatic rings. The van der Waals surface area contributed by atoms with E-state index in [-0.39, 0.29) is 5.97 Å². The Labute approximate surface area is 96.0 Å². The molecule has 0 bridgehead atoms. The first-order valence-electron chi connectivity index (χ1n) is 5.59. The van der Waals surface area contributed by atoms with Gasteiger partial charge in [-0.25, -0.2) is 0 Å². The third-order valence-corrected chi connectivity index (χ3v) is 2.99. The summed E-state index contributed by atoms with van der Waals surface area (Å²) in [4.78, 5) is 13.5. The largest absolute Gasteiger partial charge is 0.469 e. The second kappa shape index (κ2) is 4.56. The number of esters is 1. The Morgan fingerprint density at radius 1 is 1.50 bits per heavy atom. The van der Waals surface area contributed by atoms with Crippen molar-refractivity contribution in [1.29, 1.82) is 0 Å². The number of carbonyl (C=O) groups is 1. The van der Waals surface area contributed by atoms with Crippen LogP contribution in [0.5, 0.6) is 0 Å². The van der Waals surface area contributed by atoms with Crippen LogP contribution in [-0.4, -0.2) is 26.2 Å². The summed E-state index contributed by atoms with van der Waals surface area (Å²) in [5.74, 6) is -0.189. The van der Waals surface area contributed by atoms with Crippen LogP contribution in [0.1, 0.15) is 18.4 Å². The molecule has 2 rings (SSSR count). The Bertz CT molecular complexity index is 385. The Balaban J connectivity index is 2.09. The van der Waals surface area contributed by atoms with Crippen LogP contribution in [0.15, 0.2) is 24.3 Å². The lowest BCUT2D eigenvalue weighted by molar-refractivity contribution is -0.139. The smallest absolute Gasteiger partial charge is 0.309 e. The van der Waals surface area contributed by atoms with Gasteiger partial charge in [-0.05, 0) is 30.5 Å². The van der Waals surface area contributed by atoms with Crippen molar-refractivity contribution in [2.45, 2.75) is 25.3 Å². The van der Waals surface area contributed by atoms with Gasteiger partial charge in [-0.15, -0.1) is 0 Å². The zero-order valence-corrected chi connectivity index (χ0v) is 9.77. The van der Waals surface area contributed by atoms with Crippen molar-refractivity contribution >= 4 is 11.7 Å². The number of nitrogens with zero attached hydrogens (tertiary/aromatic N) is 1. The molecule has 0 saturated heterocycles. The minimum absolute atomic E-state index is 0.189. The fourth-order valence-electron chi connectivity index (χ4n) is 1.80. The number of rotatable bonds is 4. The minimum atomic E-state index is -0.189. The van der Waals surface area contributed by atoms with Crippen molar-refractivity contribution in [3.8, 4) is 0 Å². The average molecular weight is 219 g/mol. The predicted molar refractivity (Wildman–Crippen MR) is 63.6 cm³/mol. The number of hydrogen-bond acceptors (Lipinski definition) is 3. The van der Waals surface area contributed by atoms with Gasteiger partial charge in [0, 0.05) is 18.8 Å². The average Bonchev–Trinajstić information content (AvgIpc) is 3.12. The summed E-state index contributed by atoms with van der Waals surface area (Å²) in [6.07, 6.45) is 2.90. The number of carbonyl (C=O) groups excluding carboxylic acids is 1. The van der Waals surface area contributed by atoms with E-state index in [1.54, 1.807) is 0 Å². The Hall–Kier alpha value is -1.51. The topological polar surface area (TPSA) is 29.5 Å². The van der Waals surface area contributed by atoms with Gasteiger partial charge in [0.15, 0.2) is 0 Å². The fraction of sp³-hybridized carbons (Fsp3) is 0.462. The fourth-order valence-corrected chi connectivity index (χ4v) is 1.80. The molecule has 1 aromatic rings. The molecule has 16 heavy (non-hydrogen) atoms. The van der Waals surface area contributed by atoms with Crippen molar-refractivity contribution in [1.82, 2.24) is 0 Å². The van der Waals surface area contributed by atoms with Gasteiger partial charge >= 0.3 is 5.97 Å². The molecule has 0 radical (unpaired) electrons. The van der Waals surface area contributed by atoms with Gasteiger partial charge < -0.3 is 9.64 Å². The highest BCUT2D eigenvalue weighted by molar-refractivity contribution is 5.73. The standard InChI is InChI=1S/C13H17NO2/c1-14(11-6-7-11)12-5-3-4-10(8-12)9-13(15)16-2/h3-5,8,11H,6-7,9H2,1-2H3. The Kier molecular flexibility index (Phi) is 3.13. The first-order valence-corrected chi connectivity index (χ1v) is 5.59. The molecule has 3 nitrogen and oxygen atoms in total. The van der Waals surface area contributed by atoms with E-state index in [0.29, 0.717) is 12.5 Å². The number of benzene rings is 1. The number of anilines is 1. The zero-order chi connectivity index (χ0) is 11.5. The van der Waals surface area contributed by atoms with E-state index in [2.05, 4.69) is 28.8 Å². The van der Waals surface area contributed by atoms with Crippen LogP contribution in [0.2, 0.25) is 0 Å². The third kappa shape index (κ3) is 2.54. The van der Waals surface area contributed by atoms with E-state index in [1.807, 2.05) is 12.1 Å². The van der Waals surface area contributed by atoms with Crippen LogP contribution >= 0.6 is 0 Å². The first kappa shape index (κ1) is 11.0. The molecule has 0 aliphatic heterocycles. The van der Waals surface area contributed by atoms with E-state index < -0.39 is 0 Å². The van der Waals surface area contributed by atoms with Gasteiger partial charge in [-0.3, -0.25) is 4.79 Å². The SMILES string of the molecule is COC(=O)Cc1cccc(N(C)C2CC2)c1. The summed E-state index contributed by atoms with van der Waals surface area (Å²) in [6, 6.07) is 8.79.